The molecule has 0 unspecified atom stereocenters. The van der Waals surface area contributed by atoms with Crippen LogP contribution in [0.15, 0.2) is 53.4 Å². The molecule has 1 heterocycles. The molecule has 0 saturated heterocycles. The van der Waals surface area contributed by atoms with Gasteiger partial charge in [-0.15, -0.1) is 11.3 Å². The zero-order valence-corrected chi connectivity index (χ0v) is 18.0. The van der Waals surface area contributed by atoms with Crippen molar-refractivity contribution in [2.24, 2.45) is 0 Å². The van der Waals surface area contributed by atoms with E-state index < -0.39 is 15.6 Å². The lowest BCUT2D eigenvalue weighted by atomic mass is 9.97. The van der Waals surface area contributed by atoms with Crippen LogP contribution in [0.2, 0.25) is 0 Å². The fourth-order valence-electron chi connectivity index (χ4n) is 3.20. The number of aliphatic hydroxyl groups is 1. The number of hydrogen-bond acceptors (Lipinski definition) is 4. The largest absolute Gasteiger partial charge is 0.386 e. The lowest BCUT2D eigenvalue weighted by Crippen LogP contribution is -2.33. The van der Waals surface area contributed by atoms with Gasteiger partial charge in [-0.25, -0.2) is 8.42 Å². The standard InChI is InChI=1S/C21H24BNO3S2/c1-4-5-14-23(28(25,26)16-12-10-15(22)11-13-16)20-19(21(2,3)24)17-8-6-7-9-18(17)27-20/h6-13,24H,4-5,14H2,1-3H3. The molecule has 0 aliphatic rings. The molecular formula is C21H24BNO3S2. The van der Waals surface area contributed by atoms with Crippen molar-refractivity contribution in [3.8, 4) is 0 Å². The molecule has 3 aromatic rings. The molecule has 4 nitrogen and oxygen atoms in total. The minimum absolute atomic E-state index is 0.192. The van der Waals surface area contributed by atoms with Gasteiger partial charge in [-0.05, 0) is 38.5 Å². The van der Waals surface area contributed by atoms with Crippen molar-refractivity contribution >= 4 is 49.8 Å². The number of fused-ring (bicyclic) bond motifs is 1. The summed E-state index contributed by atoms with van der Waals surface area (Å²) in [5, 5.41) is 12.3. The van der Waals surface area contributed by atoms with Crippen molar-refractivity contribution in [1.29, 1.82) is 0 Å². The van der Waals surface area contributed by atoms with Gasteiger partial charge in [0.25, 0.3) is 10.0 Å². The smallest absolute Gasteiger partial charge is 0.264 e. The van der Waals surface area contributed by atoms with E-state index in [0.717, 1.165) is 16.5 Å². The SMILES string of the molecule is [B]c1ccc(S(=O)(=O)N(CCCC)c2sc3ccccc3c2C(C)(C)O)cc1. The Labute approximate surface area is 172 Å². The number of benzene rings is 2. The van der Waals surface area contributed by atoms with Gasteiger partial charge in [0.1, 0.15) is 12.8 Å². The summed E-state index contributed by atoms with van der Waals surface area (Å²) in [6.07, 6.45) is 1.57. The second-order valence-electron chi connectivity index (χ2n) is 7.34. The van der Waals surface area contributed by atoms with Crippen molar-refractivity contribution in [1.82, 2.24) is 0 Å². The highest BCUT2D eigenvalue weighted by molar-refractivity contribution is 7.93. The average Bonchev–Trinajstić information content (AvgIpc) is 3.01. The van der Waals surface area contributed by atoms with Gasteiger partial charge in [0.2, 0.25) is 0 Å². The number of rotatable bonds is 7. The predicted octanol–water partition coefficient (Wildman–Crippen LogP) is 3.92. The average molecular weight is 413 g/mol. The van der Waals surface area contributed by atoms with E-state index in [1.807, 2.05) is 31.2 Å². The molecule has 0 aliphatic carbocycles. The Kier molecular flexibility index (Phi) is 5.89. The number of unbranched alkanes of at least 4 members (excludes halogenated alkanes) is 1. The maximum Gasteiger partial charge on any atom is 0.264 e. The molecule has 0 bridgehead atoms. The Morgan fingerprint density at radius 2 is 1.75 bits per heavy atom. The zero-order valence-electron chi connectivity index (χ0n) is 16.3. The molecule has 0 spiro atoms. The van der Waals surface area contributed by atoms with Gasteiger partial charge < -0.3 is 5.11 Å². The van der Waals surface area contributed by atoms with Crippen LogP contribution in [-0.2, 0) is 15.6 Å². The van der Waals surface area contributed by atoms with Crippen molar-refractivity contribution in [2.45, 2.75) is 44.1 Å². The molecule has 1 N–H and O–H groups in total. The Morgan fingerprint density at radius 3 is 2.36 bits per heavy atom. The molecule has 146 valence electrons. The molecule has 0 atom stereocenters. The summed E-state index contributed by atoms with van der Waals surface area (Å²) in [7, 11) is 1.93. The second-order valence-corrected chi connectivity index (χ2v) is 10.2. The molecule has 7 heteroatoms. The van der Waals surface area contributed by atoms with E-state index in [0.29, 0.717) is 29.0 Å². The fourth-order valence-corrected chi connectivity index (χ4v) is 6.31. The van der Waals surface area contributed by atoms with Crippen molar-refractivity contribution in [2.75, 3.05) is 10.8 Å². The Bertz CT molecular complexity index is 1070. The third-order valence-electron chi connectivity index (χ3n) is 4.60. The summed E-state index contributed by atoms with van der Waals surface area (Å²) in [6.45, 7) is 5.76. The third-order valence-corrected chi connectivity index (χ3v) is 7.72. The molecule has 0 aliphatic heterocycles. The van der Waals surface area contributed by atoms with Crippen LogP contribution in [0, 0.1) is 0 Å². The summed E-state index contributed by atoms with van der Waals surface area (Å²) in [6, 6.07) is 13.9. The molecule has 2 aromatic carbocycles. The van der Waals surface area contributed by atoms with E-state index in [1.54, 1.807) is 26.0 Å². The normalized spacial score (nSPS) is 12.4. The molecule has 28 heavy (non-hydrogen) atoms. The van der Waals surface area contributed by atoms with E-state index in [4.69, 9.17) is 7.85 Å². The van der Waals surface area contributed by atoms with Crippen LogP contribution in [0.5, 0.6) is 0 Å². The van der Waals surface area contributed by atoms with Crippen LogP contribution < -0.4 is 9.77 Å². The molecule has 3 rings (SSSR count). The van der Waals surface area contributed by atoms with Gasteiger partial charge in [0.05, 0.1) is 10.5 Å². The minimum Gasteiger partial charge on any atom is -0.386 e. The lowest BCUT2D eigenvalue weighted by Gasteiger charge is -2.28. The summed E-state index contributed by atoms with van der Waals surface area (Å²) in [5.74, 6) is 0. The number of nitrogens with zero attached hydrogens (tertiary/aromatic N) is 1. The topological polar surface area (TPSA) is 57.6 Å². The van der Waals surface area contributed by atoms with Gasteiger partial charge in [-0.3, -0.25) is 4.31 Å². The summed E-state index contributed by atoms with van der Waals surface area (Å²) >= 11 is 1.40. The van der Waals surface area contributed by atoms with Gasteiger partial charge in [0.15, 0.2) is 0 Å². The highest BCUT2D eigenvalue weighted by atomic mass is 32.2. The predicted molar refractivity (Wildman–Crippen MR) is 118 cm³/mol. The van der Waals surface area contributed by atoms with Gasteiger partial charge in [0, 0.05) is 22.2 Å². The second kappa shape index (κ2) is 7.89. The minimum atomic E-state index is -3.80. The molecule has 2 radical (unpaired) electrons. The van der Waals surface area contributed by atoms with E-state index in [1.165, 1.54) is 27.8 Å². The lowest BCUT2D eigenvalue weighted by molar-refractivity contribution is 0.0811. The Balaban J connectivity index is 2.24. The third kappa shape index (κ3) is 3.97. The number of sulfonamides is 1. The first-order chi connectivity index (χ1) is 13.2. The zero-order chi connectivity index (χ0) is 20.5. The molecule has 0 amide bonds. The van der Waals surface area contributed by atoms with E-state index in [2.05, 4.69) is 0 Å². The van der Waals surface area contributed by atoms with Crippen LogP contribution in [0.25, 0.3) is 10.1 Å². The van der Waals surface area contributed by atoms with E-state index in [9.17, 15) is 13.5 Å². The van der Waals surface area contributed by atoms with Crippen LogP contribution in [0.1, 0.15) is 39.2 Å². The first kappa shape index (κ1) is 20.9. The van der Waals surface area contributed by atoms with Gasteiger partial charge >= 0.3 is 0 Å². The molecule has 0 saturated carbocycles. The molecule has 0 fully saturated rings. The summed E-state index contributed by atoms with van der Waals surface area (Å²) in [4.78, 5) is 0.192. The fraction of sp³-hybridized carbons (Fsp3) is 0.333. The van der Waals surface area contributed by atoms with Crippen LogP contribution in [0.3, 0.4) is 0 Å². The number of hydrogen-bond donors (Lipinski definition) is 1. The van der Waals surface area contributed by atoms with Crippen molar-refractivity contribution < 1.29 is 13.5 Å². The maximum atomic E-state index is 13.5. The summed E-state index contributed by atoms with van der Waals surface area (Å²) in [5.41, 5.74) is -0.0305. The molecular weight excluding hydrogens is 389 g/mol. The number of anilines is 1. The van der Waals surface area contributed by atoms with Gasteiger partial charge in [-0.1, -0.05) is 49.1 Å². The van der Waals surface area contributed by atoms with Crippen molar-refractivity contribution in [3.05, 3.63) is 54.1 Å². The Hall–Kier alpha value is -1.83. The van der Waals surface area contributed by atoms with Crippen LogP contribution in [-0.4, -0.2) is 27.9 Å². The molecule has 1 aromatic heterocycles. The summed E-state index contributed by atoms with van der Waals surface area (Å²) < 4.78 is 29.4. The van der Waals surface area contributed by atoms with E-state index in [-0.39, 0.29) is 4.90 Å². The first-order valence-electron chi connectivity index (χ1n) is 9.29. The van der Waals surface area contributed by atoms with Gasteiger partial charge in [-0.2, -0.15) is 0 Å². The highest BCUT2D eigenvalue weighted by Crippen LogP contribution is 2.45. The highest BCUT2D eigenvalue weighted by Gasteiger charge is 2.33. The quantitative estimate of drug-likeness (QED) is 0.598. The van der Waals surface area contributed by atoms with Crippen LogP contribution >= 0.6 is 11.3 Å². The van der Waals surface area contributed by atoms with E-state index >= 15 is 0 Å². The Morgan fingerprint density at radius 1 is 1.11 bits per heavy atom. The number of thiophene rings is 1. The van der Waals surface area contributed by atoms with Crippen LogP contribution in [0.4, 0.5) is 5.00 Å². The first-order valence-corrected chi connectivity index (χ1v) is 11.5. The maximum absolute atomic E-state index is 13.5. The van der Waals surface area contributed by atoms with Crippen molar-refractivity contribution in [3.63, 3.8) is 0 Å². The monoisotopic (exact) mass is 413 g/mol.